The minimum atomic E-state index is -0.294. The summed E-state index contributed by atoms with van der Waals surface area (Å²) < 4.78 is 17.4. The fourth-order valence-electron chi connectivity index (χ4n) is 2.58. The first kappa shape index (κ1) is 17.5. The van der Waals surface area contributed by atoms with Crippen molar-refractivity contribution in [2.75, 3.05) is 20.3 Å². The fraction of sp³-hybridized carbons (Fsp3) is 0.158. The van der Waals surface area contributed by atoms with Gasteiger partial charge < -0.3 is 19.2 Å². The first-order valence-electron chi connectivity index (χ1n) is 8.56. The summed E-state index contributed by atoms with van der Waals surface area (Å²) in [7, 11) is 1.61. The van der Waals surface area contributed by atoms with Gasteiger partial charge in [0.15, 0.2) is 17.2 Å². The van der Waals surface area contributed by atoms with Gasteiger partial charge in [0.25, 0.3) is 5.91 Å². The second kappa shape index (κ2) is 7.78. The van der Waals surface area contributed by atoms with Gasteiger partial charge in [0, 0.05) is 11.6 Å². The van der Waals surface area contributed by atoms with Crippen molar-refractivity contribution < 1.29 is 18.7 Å². The number of amides is 1. The summed E-state index contributed by atoms with van der Waals surface area (Å²) >= 11 is 0. The number of methoxy groups -OCH3 is 1. The topological polar surface area (TPSA) is 104 Å². The van der Waals surface area contributed by atoms with E-state index >= 15 is 0 Å². The van der Waals surface area contributed by atoms with Crippen LogP contribution in [0.1, 0.15) is 10.6 Å². The average Bonchev–Trinajstić information content (AvgIpc) is 3.41. The zero-order valence-electron chi connectivity index (χ0n) is 15.0. The number of benzene rings is 1. The molecular formula is C19H17N5O4. The molecule has 0 radical (unpaired) electrons. The van der Waals surface area contributed by atoms with Gasteiger partial charge in [0.1, 0.15) is 12.4 Å². The second-order valence-corrected chi connectivity index (χ2v) is 5.78. The van der Waals surface area contributed by atoms with Crippen LogP contribution in [-0.4, -0.2) is 46.0 Å². The largest absolute Gasteiger partial charge is 0.497 e. The first-order valence-corrected chi connectivity index (χ1v) is 8.56. The van der Waals surface area contributed by atoms with Crippen LogP contribution >= 0.6 is 0 Å². The van der Waals surface area contributed by atoms with E-state index in [4.69, 9.17) is 13.9 Å². The van der Waals surface area contributed by atoms with Gasteiger partial charge >= 0.3 is 0 Å². The van der Waals surface area contributed by atoms with Crippen LogP contribution in [0.25, 0.3) is 17.0 Å². The molecule has 0 aliphatic heterocycles. The standard InChI is InChI=1S/C19H17N5O4/c1-26-14-6-4-13(5-7-14)18-22-21-16-8-9-17(23-24(16)18)28-12-10-20-19(25)15-3-2-11-27-15/h2-9,11H,10,12H2,1H3,(H,20,25). The molecule has 1 N–H and O–H groups in total. The maximum Gasteiger partial charge on any atom is 0.287 e. The number of furan rings is 1. The monoisotopic (exact) mass is 379 g/mol. The molecule has 3 aromatic heterocycles. The van der Waals surface area contributed by atoms with E-state index in [1.807, 2.05) is 24.3 Å². The molecule has 0 saturated carbocycles. The molecule has 28 heavy (non-hydrogen) atoms. The molecule has 1 aromatic carbocycles. The van der Waals surface area contributed by atoms with Gasteiger partial charge in [-0.2, -0.15) is 4.52 Å². The summed E-state index contributed by atoms with van der Waals surface area (Å²) in [4.78, 5) is 11.8. The minimum absolute atomic E-state index is 0.255. The lowest BCUT2D eigenvalue weighted by molar-refractivity contribution is 0.0919. The van der Waals surface area contributed by atoms with Crippen LogP contribution in [0.2, 0.25) is 0 Å². The molecule has 0 aliphatic carbocycles. The molecule has 0 bridgehead atoms. The molecular weight excluding hydrogens is 362 g/mol. The van der Waals surface area contributed by atoms with Crippen LogP contribution in [0.5, 0.6) is 11.6 Å². The molecule has 0 fully saturated rings. The zero-order chi connectivity index (χ0) is 19.3. The van der Waals surface area contributed by atoms with Crippen molar-refractivity contribution in [1.29, 1.82) is 0 Å². The van der Waals surface area contributed by atoms with E-state index in [9.17, 15) is 4.79 Å². The van der Waals surface area contributed by atoms with Gasteiger partial charge in [-0.15, -0.1) is 15.3 Å². The Morgan fingerprint density at radius 3 is 2.75 bits per heavy atom. The Kier molecular flexibility index (Phi) is 4.87. The van der Waals surface area contributed by atoms with Crippen molar-refractivity contribution in [2.45, 2.75) is 0 Å². The second-order valence-electron chi connectivity index (χ2n) is 5.78. The van der Waals surface area contributed by atoms with E-state index in [-0.39, 0.29) is 18.3 Å². The highest BCUT2D eigenvalue weighted by atomic mass is 16.5. The first-order chi connectivity index (χ1) is 13.7. The lowest BCUT2D eigenvalue weighted by Gasteiger charge is -2.07. The normalized spacial score (nSPS) is 10.8. The summed E-state index contributed by atoms with van der Waals surface area (Å²) in [6.07, 6.45) is 1.45. The van der Waals surface area contributed by atoms with Crippen molar-refractivity contribution >= 4 is 11.6 Å². The van der Waals surface area contributed by atoms with E-state index in [1.54, 1.807) is 35.9 Å². The number of nitrogens with zero attached hydrogens (tertiary/aromatic N) is 4. The van der Waals surface area contributed by atoms with E-state index in [0.29, 0.717) is 23.9 Å². The van der Waals surface area contributed by atoms with E-state index < -0.39 is 0 Å². The van der Waals surface area contributed by atoms with Gasteiger partial charge in [-0.25, -0.2) is 0 Å². The third-order valence-corrected chi connectivity index (χ3v) is 3.97. The number of hydrogen-bond acceptors (Lipinski definition) is 7. The third-order valence-electron chi connectivity index (χ3n) is 3.97. The van der Waals surface area contributed by atoms with Crippen LogP contribution in [0.4, 0.5) is 0 Å². The molecule has 4 rings (SSSR count). The molecule has 0 spiro atoms. The number of carbonyl (C=O) groups is 1. The van der Waals surface area contributed by atoms with Crippen LogP contribution in [-0.2, 0) is 0 Å². The SMILES string of the molecule is COc1ccc(-c2nnc3ccc(OCCNC(=O)c4ccco4)nn23)cc1. The van der Waals surface area contributed by atoms with Crippen molar-refractivity contribution in [1.82, 2.24) is 25.1 Å². The molecule has 0 aliphatic rings. The zero-order valence-corrected chi connectivity index (χ0v) is 15.0. The Bertz CT molecular complexity index is 1070. The quantitative estimate of drug-likeness (QED) is 0.491. The van der Waals surface area contributed by atoms with Gasteiger partial charge in [-0.1, -0.05) is 0 Å². The number of fused-ring (bicyclic) bond motifs is 1. The number of nitrogens with one attached hydrogen (secondary N) is 1. The Morgan fingerprint density at radius 2 is 2.00 bits per heavy atom. The number of rotatable bonds is 7. The van der Waals surface area contributed by atoms with Gasteiger partial charge in [-0.3, -0.25) is 4.79 Å². The number of ether oxygens (including phenoxy) is 2. The molecule has 0 saturated heterocycles. The molecule has 0 unspecified atom stereocenters. The summed E-state index contributed by atoms with van der Waals surface area (Å²) in [5, 5.41) is 15.5. The molecule has 3 heterocycles. The highest BCUT2D eigenvalue weighted by molar-refractivity contribution is 5.91. The summed E-state index contributed by atoms with van der Waals surface area (Å²) in [6.45, 7) is 0.567. The van der Waals surface area contributed by atoms with Crippen molar-refractivity contribution in [2.24, 2.45) is 0 Å². The number of hydrogen-bond donors (Lipinski definition) is 1. The van der Waals surface area contributed by atoms with Crippen LogP contribution in [0.15, 0.2) is 59.2 Å². The maximum atomic E-state index is 11.8. The predicted octanol–water partition coefficient (Wildman–Crippen LogP) is 2.20. The fourth-order valence-corrected chi connectivity index (χ4v) is 2.58. The van der Waals surface area contributed by atoms with Crippen molar-refractivity contribution in [3.63, 3.8) is 0 Å². The molecule has 1 amide bonds. The third kappa shape index (κ3) is 3.63. The van der Waals surface area contributed by atoms with Gasteiger partial charge in [-0.05, 0) is 42.5 Å². The molecule has 4 aromatic rings. The predicted molar refractivity (Wildman–Crippen MR) is 99.3 cm³/mol. The van der Waals surface area contributed by atoms with Crippen molar-refractivity contribution in [3.8, 4) is 23.0 Å². The summed E-state index contributed by atoms with van der Waals surface area (Å²) in [5.41, 5.74) is 1.45. The average molecular weight is 379 g/mol. The van der Waals surface area contributed by atoms with Crippen LogP contribution in [0, 0.1) is 0 Å². The smallest absolute Gasteiger partial charge is 0.287 e. The van der Waals surface area contributed by atoms with Crippen LogP contribution in [0.3, 0.4) is 0 Å². The van der Waals surface area contributed by atoms with Gasteiger partial charge in [0.05, 0.1) is 19.9 Å². The number of carbonyl (C=O) groups excluding carboxylic acids is 1. The molecule has 9 heteroatoms. The summed E-state index contributed by atoms with van der Waals surface area (Å²) in [5.74, 6) is 1.71. The molecule has 0 atom stereocenters. The highest BCUT2D eigenvalue weighted by Gasteiger charge is 2.11. The maximum absolute atomic E-state index is 11.8. The van der Waals surface area contributed by atoms with E-state index in [2.05, 4.69) is 20.6 Å². The van der Waals surface area contributed by atoms with Gasteiger partial charge in [0.2, 0.25) is 5.88 Å². The Labute approximate surface area is 159 Å². The lowest BCUT2D eigenvalue weighted by Crippen LogP contribution is -2.27. The Balaban J connectivity index is 1.43. The molecule has 9 nitrogen and oxygen atoms in total. The molecule has 142 valence electrons. The Hall–Kier alpha value is -3.88. The summed E-state index contributed by atoms with van der Waals surface area (Å²) in [6, 6.07) is 14.2. The van der Waals surface area contributed by atoms with E-state index in [1.165, 1.54) is 6.26 Å². The minimum Gasteiger partial charge on any atom is -0.497 e. The van der Waals surface area contributed by atoms with Crippen LogP contribution < -0.4 is 14.8 Å². The van der Waals surface area contributed by atoms with Crippen molar-refractivity contribution in [3.05, 3.63) is 60.6 Å². The highest BCUT2D eigenvalue weighted by Crippen LogP contribution is 2.21. The number of aromatic nitrogens is 4. The van der Waals surface area contributed by atoms with E-state index in [0.717, 1.165) is 11.3 Å². The lowest BCUT2D eigenvalue weighted by atomic mass is 10.2. The Morgan fingerprint density at radius 1 is 1.14 bits per heavy atom.